The molecule has 0 radical (unpaired) electrons. The predicted octanol–water partition coefficient (Wildman–Crippen LogP) is 3.61. The highest BCUT2D eigenvalue weighted by molar-refractivity contribution is 7.89. The number of anilines is 1. The van der Waals surface area contributed by atoms with Crippen molar-refractivity contribution < 1.29 is 8.42 Å². The maximum Gasteiger partial charge on any atom is 0.244 e. The van der Waals surface area contributed by atoms with Crippen LogP contribution in [-0.2, 0) is 10.0 Å². The molecule has 0 aliphatic heterocycles. The van der Waals surface area contributed by atoms with Gasteiger partial charge in [-0.2, -0.15) is 9.41 Å². The lowest BCUT2D eigenvalue weighted by Gasteiger charge is -2.18. The number of nitrogens with zero attached hydrogens (tertiary/aromatic N) is 3. The number of hydrazone groups is 1. The molecule has 2 rings (SSSR count). The van der Waals surface area contributed by atoms with Gasteiger partial charge >= 0.3 is 0 Å². The largest absolute Gasteiger partial charge is 0.261 e. The van der Waals surface area contributed by atoms with Crippen LogP contribution < -0.4 is 5.43 Å². The molecule has 0 saturated heterocycles. The summed E-state index contributed by atoms with van der Waals surface area (Å²) < 4.78 is 26.2. The van der Waals surface area contributed by atoms with Crippen LogP contribution in [0.4, 0.5) is 5.82 Å². The van der Waals surface area contributed by atoms with E-state index in [4.69, 9.17) is 0 Å². The van der Waals surface area contributed by atoms with Crippen molar-refractivity contribution in [2.45, 2.75) is 25.7 Å². The first-order valence-corrected chi connectivity index (χ1v) is 9.90. The second-order valence-electron chi connectivity index (χ2n) is 5.64. The second kappa shape index (κ2) is 9.26. The van der Waals surface area contributed by atoms with Crippen molar-refractivity contribution in [1.82, 2.24) is 9.29 Å². The maximum absolute atomic E-state index is 12.4. The zero-order chi connectivity index (χ0) is 19.0. The molecule has 1 N–H and O–H groups in total. The Morgan fingerprint density at radius 1 is 1.15 bits per heavy atom. The van der Waals surface area contributed by atoms with Crippen molar-refractivity contribution >= 4 is 28.1 Å². The molecule has 0 aliphatic rings. The molecular formula is C19H24N4O2S. The Labute approximate surface area is 155 Å². The predicted molar refractivity (Wildman–Crippen MR) is 107 cm³/mol. The normalized spacial score (nSPS) is 12.7. The first kappa shape index (κ1) is 19.8. The van der Waals surface area contributed by atoms with Gasteiger partial charge in [-0.1, -0.05) is 50.3 Å². The minimum atomic E-state index is -3.49. The molecule has 0 amide bonds. The van der Waals surface area contributed by atoms with Gasteiger partial charge in [-0.3, -0.25) is 5.43 Å². The number of allylic oxidation sites excluding steroid dienone is 1. The standard InChI is InChI=1S/C19H24N4O2S/c1-4-23(5-2)26(24,25)18-11-12-19(20-15-18)22-21-14-16(3)13-17-9-7-6-8-10-17/h6-15H,4-5H2,1-3H3,(H,20,22)/b16-13+,21-14-. The molecule has 2 aromatic rings. The summed E-state index contributed by atoms with van der Waals surface area (Å²) in [6, 6.07) is 13.1. The molecule has 26 heavy (non-hydrogen) atoms. The van der Waals surface area contributed by atoms with Gasteiger partial charge in [-0.25, -0.2) is 13.4 Å². The summed E-state index contributed by atoms with van der Waals surface area (Å²) in [5.74, 6) is 0.479. The third kappa shape index (κ3) is 5.24. The molecule has 138 valence electrons. The molecule has 1 aromatic heterocycles. The zero-order valence-electron chi connectivity index (χ0n) is 15.3. The fraction of sp³-hybridized carbons (Fsp3) is 0.263. The minimum absolute atomic E-state index is 0.177. The van der Waals surface area contributed by atoms with Crippen molar-refractivity contribution in [1.29, 1.82) is 0 Å². The van der Waals surface area contributed by atoms with Gasteiger partial charge in [0.2, 0.25) is 10.0 Å². The molecule has 0 bridgehead atoms. The molecule has 0 atom stereocenters. The summed E-state index contributed by atoms with van der Waals surface area (Å²) in [6.07, 6.45) is 5.05. The number of hydrogen-bond acceptors (Lipinski definition) is 5. The van der Waals surface area contributed by atoms with Crippen molar-refractivity contribution in [3.05, 3.63) is 59.8 Å². The lowest BCUT2D eigenvalue weighted by Crippen LogP contribution is -2.30. The molecular weight excluding hydrogens is 348 g/mol. The molecule has 7 heteroatoms. The first-order valence-electron chi connectivity index (χ1n) is 8.46. The number of sulfonamides is 1. The van der Waals surface area contributed by atoms with E-state index in [-0.39, 0.29) is 4.90 Å². The summed E-state index contributed by atoms with van der Waals surface area (Å²) >= 11 is 0. The van der Waals surface area contributed by atoms with Crippen molar-refractivity contribution in [3.63, 3.8) is 0 Å². The lowest BCUT2D eigenvalue weighted by molar-refractivity contribution is 0.445. The van der Waals surface area contributed by atoms with Gasteiger partial charge in [0.15, 0.2) is 0 Å². The number of pyridine rings is 1. The molecule has 0 aliphatic carbocycles. The third-order valence-electron chi connectivity index (χ3n) is 3.72. The van der Waals surface area contributed by atoms with Crippen molar-refractivity contribution in [2.24, 2.45) is 5.10 Å². The number of benzene rings is 1. The third-order valence-corrected chi connectivity index (χ3v) is 5.75. The minimum Gasteiger partial charge on any atom is -0.261 e. The quantitative estimate of drug-likeness (QED) is 0.567. The Hall–Kier alpha value is -2.51. The van der Waals surface area contributed by atoms with Crippen LogP contribution in [0.1, 0.15) is 26.3 Å². The summed E-state index contributed by atoms with van der Waals surface area (Å²) in [7, 11) is -3.49. The smallest absolute Gasteiger partial charge is 0.244 e. The highest BCUT2D eigenvalue weighted by atomic mass is 32.2. The first-order chi connectivity index (χ1) is 12.5. The van der Waals surface area contributed by atoms with Crippen LogP contribution >= 0.6 is 0 Å². The van der Waals surface area contributed by atoms with Gasteiger partial charge in [0, 0.05) is 19.3 Å². The van der Waals surface area contributed by atoms with Gasteiger partial charge < -0.3 is 0 Å². The van der Waals surface area contributed by atoms with E-state index >= 15 is 0 Å². The summed E-state index contributed by atoms with van der Waals surface area (Å²) in [4.78, 5) is 4.30. The van der Waals surface area contributed by atoms with Gasteiger partial charge in [-0.15, -0.1) is 0 Å². The van der Waals surface area contributed by atoms with Crippen LogP contribution in [0.5, 0.6) is 0 Å². The maximum atomic E-state index is 12.4. The van der Waals surface area contributed by atoms with E-state index in [2.05, 4.69) is 15.5 Å². The van der Waals surface area contributed by atoms with Crippen molar-refractivity contribution in [3.8, 4) is 0 Å². The van der Waals surface area contributed by atoms with Crippen LogP contribution in [0, 0.1) is 0 Å². The van der Waals surface area contributed by atoms with E-state index in [0.29, 0.717) is 18.9 Å². The molecule has 0 unspecified atom stereocenters. The Morgan fingerprint density at radius 3 is 2.42 bits per heavy atom. The monoisotopic (exact) mass is 372 g/mol. The summed E-state index contributed by atoms with van der Waals surface area (Å²) in [6.45, 7) is 6.42. The van der Waals surface area contributed by atoms with Gasteiger partial charge in [-0.05, 0) is 30.2 Å². The number of hydrogen-bond donors (Lipinski definition) is 1. The number of rotatable bonds is 8. The molecule has 0 spiro atoms. The average molecular weight is 372 g/mol. The highest BCUT2D eigenvalue weighted by Crippen LogP contribution is 2.16. The van der Waals surface area contributed by atoms with Crippen LogP contribution in [-0.4, -0.2) is 37.0 Å². The molecule has 1 heterocycles. The van der Waals surface area contributed by atoms with Crippen LogP contribution in [0.2, 0.25) is 0 Å². The second-order valence-corrected chi connectivity index (χ2v) is 7.58. The van der Waals surface area contributed by atoms with Crippen LogP contribution in [0.3, 0.4) is 0 Å². The fourth-order valence-electron chi connectivity index (χ4n) is 2.36. The van der Waals surface area contributed by atoms with E-state index in [1.807, 2.05) is 57.2 Å². The topological polar surface area (TPSA) is 74.7 Å². The van der Waals surface area contributed by atoms with E-state index < -0.39 is 10.0 Å². The highest BCUT2D eigenvalue weighted by Gasteiger charge is 2.21. The van der Waals surface area contributed by atoms with Crippen molar-refractivity contribution in [2.75, 3.05) is 18.5 Å². The van der Waals surface area contributed by atoms with Gasteiger partial charge in [0.05, 0.1) is 6.21 Å². The number of nitrogens with one attached hydrogen (secondary N) is 1. The number of aromatic nitrogens is 1. The Balaban J connectivity index is 2.02. The fourth-order valence-corrected chi connectivity index (χ4v) is 3.77. The Bertz CT molecular complexity index is 856. The van der Waals surface area contributed by atoms with Gasteiger partial charge in [0.25, 0.3) is 0 Å². The van der Waals surface area contributed by atoms with E-state index in [1.54, 1.807) is 12.3 Å². The Kier molecular flexibility index (Phi) is 7.06. The average Bonchev–Trinajstić information content (AvgIpc) is 2.64. The Morgan fingerprint density at radius 2 is 1.85 bits per heavy atom. The summed E-state index contributed by atoms with van der Waals surface area (Å²) in [5.41, 5.74) is 4.88. The molecule has 1 aromatic carbocycles. The zero-order valence-corrected chi connectivity index (χ0v) is 16.1. The van der Waals surface area contributed by atoms with E-state index in [9.17, 15) is 8.42 Å². The SMILES string of the molecule is CCN(CC)S(=O)(=O)c1ccc(N/N=C\C(C)=C\c2ccccc2)nc1. The van der Waals surface area contributed by atoms with E-state index in [0.717, 1.165) is 11.1 Å². The van der Waals surface area contributed by atoms with Crippen LogP contribution in [0.15, 0.2) is 64.2 Å². The van der Waals surface area contributed by atoms with Crippen LogP contribution in [0.25, 0.3) is 6.08 Å². The molecule has 0 saturated carbocycles. The van der Waals surface area contributed by atoms with E-state index in [1.165, 1.54) is 16.6 Å². The lowest BCUT2D eigenvalue weighted by atomic mass is 10.1. The summed E-state index contributed by atoms with van der Waals surface area (Å²) in [5, 5.41) is 4.13. The molecule has 0 fully saturated rings. The molecule has 6 nitrogen and oxygen atoms in total. The van der Waals surface area contributed by atoms with Gasteiger partial charge in [0.1, 0.15) is 10.7 Å².